The van der Waals surface area contributed by atoms with Gasteiger partial charge in [0.05, 0.1) is 10.7 Å². The lowest BCUT2D eigenvalue weighted by Gasteiger charge is -2.16. The first-order chi connectivity index (χ1) is 7.58. The maximum absolute atomic E-state index is 6.04. The van der Waals surface area contributed by atoms with Crippen molar-refractivity contribution in [1.29, 1.82) is 0 Å². The highest BCUT2D eigenvalue weighted by atomic mass is 79.9. The quantitative estimate of drug-likeness (QED) is 0.850. The zero-order valence-electron chi connectivity index (χ0n) is 8.74. The Labute approximate surface area is 108 Å². The first kappa shape index (κ1) is 11.6. The van der Waals surface area contributed by atoms with Crippen LogP contribution in [0.5, 0.6) is 0 Å². The van der Waals surface area contributed by atoms with Crippen molar-refractivity contribution < 1.29 is 0 Å². The summed E-state index contributed by atoms with van der Waals surface area (Å²) in [6.45, 7) is 2.04. The lowest BCUT2D eigenvalue weighted by molar-refractivity contribution is 0.779. The third-order valence-electron chi connectivity index (χ3n) is 2.54. The lowest BCUT2D eigenvalue weighted by atomic mass is 9.97. The van der Waals surface area contributed by atoms with Crippen LogP contribution >= 0.6 is 27.5 Å². The second-order valence-corrected chi connectivity index (χ2v) is 5.07. The van der Waals surface area contributed by atoms with E-state index < -0.39 is 0 Å². The van der Waals surface area contributed by atoms with Crippen molar-refractivity contribution in [3.05, 3.63) is 33.3 Å². The van der Waals surface area contributed by atoms with Gasteiger partial charge in [-0.1, -0.05) is 24.6 Å². The summed E-state index contributed by atoms with van der Waals surface area (Å²) in [5.74, 6) is 0.821. The van der Waals surface area contributed by atoms with Crippen molar-refractivity contribution in [3.63, 3.8) is 0 Å². The Balaban J connectivity index is 2.35. The first-order valence-corrected chi connectivity index (χ1v) is 6.10. The van der Waals surface area contributed by atoms with Gasteiger partial charge < -0.3 is 5.73 Å². The average molecular weight is 301 g/mol. The normalized spacial score (nSPS) is 20.3. The summed E-state index contributed by atoms with van der Waals surface area (Å²) >= 11 is 9.39. The van der Waals surface area contributed by atoms with E-state index in [2.05, 4.69) is 26.1 Å². The summed E-state index contributed by atoms with van der Waals surface area (Å²) in [6, 6.07) is 5.76. The smallest absolute Gasteiger partial charge is 0.125 e. The van der Waals surface area contributed by atoms with Crippen LogP contribution in [0.15, 0.2) is 32.9 Å². The number of nitrogens with zero attached hydrogens (tertiary/aromatic N) is 2. The molecule has 0 radical (unpaired) electrons. The summed E-state index contributed by atoms with van der Waals surface area (Å²) < 4.78 is 0.880. The molecule has 0 saturated heterocycles. The van der Waals surface area contributed by atoms with E-state index in [-0.39, 0.29) is 5.92 Å². The highest BCUT2D eigenvalue weighted by Crippen LogP contribution is 2.25. The second-order valence-electron chi connectivity index (χ2n) is 3.81. The second kappa shape index (κ2) is 4.55. The van der Waals surface area contributed by atoms with Crippen LogP contribution in [0.2, 0.25) is 5.02 Å². The van der Waals surface area contributed by atoms with Crippen LogP contribution in [0.4, 0.5) is 0 Å². The largest absolute Gasteiger partial charge is 0.385 e. The van der Waals surface area contributed by atoms with Crippen molar-refractivity contribution >= 4 is 39.1 Å². The minimum atomic E-state index is 0.231. The average Bonchev–Trinajstić information content (AvgIpc) is 2.26. The fourth-order valence-electron chi connectivity index (χ4n) is 1.50. The molecular weight excluding hydrogens is 289 g/mol. The number of hydrogen-bond acceptors (Lipinski definition) is 3. The molecule has 1 aliphatic rings. The molecule has 0 amide bonds. The number of amidine groups is 1. The molecule has 1 aliphatic heterocycles. The maximum Gasteiger partial charge on any atom is 0.125 e. The van der Waals surface area contributed by atoms with E-state index in [1.54, 1.807) is 0 Å². The molecule has 2 rings (SSSR count). The fraction of sp³-hybridized carbons (Fsp3) is 0.273. The molecule has 0 aromatic heterocycles. The summed E-state index contributed by atoms with van der Waals surface area (Å²) in [7, 11) is 0. The Morgan fingerprint density at radius 2 is 2.19 bits per heavy atom. The van der Waals surface area contributed by atoms with Crippen LogP contribution in [0.1, 0.15) is 18.9 Å². The van der Waals surface area contributed by atoms with Crippen LogP contribution in [-0.4, -0.2) is 11.5 Å². The molecule has 0 aliphatic carbocycles. The maximum atomic E-state index is 6.04. The third kappa shape index (κ3) is 2.28. The molecular formula is C11H11BrClN3. The van der Waals surface area contributed by atoms with E-state index in [0.29, 0.717) is 10.9 Å². The molecule has 1 unspecified atom stereocenters. The Bertz CT molecular complexity index is 482. The number of nitrogens with two attached hydrogens (primary N) is 1. The topological polar surface area (TPSA) is 50.7 Å². The Morgan fingerprint density at radius 3 is 2.81 bits per heavy atom. The molecule has 1 aromatic carbocycles. The molecule has 0 saturated carbocycles. The van der Waals surface area contributed by atoms with Gasteiger partial charge in [0.25, 0.3) is 0 Å². The first-order valence-electron chi connectivity index (χ1n) is 4.93. The number of rotatable bonds is 1. The minimum absolute atomic E-state index is 0.231. The number of halogens is 2. The van der Waals surface area contributed by atoms with Crippen LogP contribution < -0.4 is 5.73 Å². The van der Waals surface area contributed by atoms with Gasteiger partial charge in [-0.15, -0.1) is 5.10 Å². The monoisotopic (exact) mass is 299 g/mol. The van der Waals surface area contributed by atoms with Gasteiger partial charge in [-0.2, -0.15) is 5.10 Å². The van der Waals surface area contributed by atoms with E-state index in [1.165, 1.54) is 0 Å². The van der Waals surface area contributed by atoms with Crippen molar-refractivity contribution in [2.75, 3.05) is 0 Å². The summed E-state index contributed by atoms with van der Waals surface area (Å²) in [4.78, 5) is 0. The van der Waals surface area contributed by atoms with Crippen LogP contribution in [-0.2, 0) is 0 Å². The minimum Gasteiger partial charge on any atom is -0.385 e. The van der Waals surface area contributed by atoms with Gasteiger partial charge in [0, 0.05) is 16.8 Å². The molecule has 0 bridgehead atoms. The molecule has 1 heterocycles. The van der Waals surface area contributed by atoms with E-state index in [1.807, 2.05) is 25.1 Å². The van der Waals surface area contributed by atoms with Gasteiger partial charge in [-0.05, 0) is 33.6 Å². The fourth-order valence-corrected chi connectivity index (χ4v) is 1.93. The molecule has 3 nitrogen and oxygen atoms in total. The van der Waals surface area contributed by atoms with E-state index >= 15 is 0 Å². The summed E-state index contributed by atoms with van der Waals surface area (Å²) in [5.41, 5.74) is 7.61. The van der Waals surface area contributed by atoms with Crippen LogP contribution in [0, 0.1) is 5.92 Å². The Hall–Kier alpha value is -0.870. The zero-order valence-corrected chi connectivity index (χ0v) is 11.1. The number of hydrogen-bond donors (Lipinski definition) is 1. The highest BCUT2D eigenvalue weighted by Gasteiger charge is 2.17. The van der Waals surface area contributed by atoms with E-state index in [4.69, 9.17) is 17.3 Å². The Morgan fingerprint density at radius 1 is 1.44 bits per heavy atom. The molecule has 1 aromatic rings. The van der Waals surface area contributed by atoms with Gasteiger partial charge in [0.2, 0.25) is 0 Å². The molecule has 0 fully saturated rings. The van der Waals surface area contributed by atoms with E-state index in [9.17, 15) is 0 Å². The van der Waals surface area contributed by atoms with Crippen molar-refractivity contribution in [2.24, 2.45) is 21.9 Å². The predicted molar refractivity (Wildman–Crippen MR) is 71.1 cm³/mol. The van der Waals surface area contributed by atoms with Gasteiger partial charge in [-0.3, -0.25) is 0 Å². The number of benzene rings is 1. The van der Waals surface area contributed by atoms with Gasteiger partial charge in [0.1, 0.15) is 5.84 Å². The van der Waals surface area contributed by atoms with Gasteiger partial charge in [0.15, 0.2) is 0 Å². The van der Waals surface area contributed by atoms with E-state index in [0.717, 1.165) is 22.2 Å². The predicted octanol–water partition coefficient (Wildman–Crippen LogP) is 3.20. The standard InChI is InChI=1S/C11H11BrClN3/c1-6-4-10(15-16-11(6)14)7-2-3-8(12)9(13)5-7/h2-3,5-6H,4H2,1H3,(H2,14,16). The molecule has 84 valence electrons. The molecule has 2 N–H and O–H groups in total. The third-order valence-corrected chi connectivity index (χ3v) is 3.78. The molecule has 16 heavy (non-hydrogen) atoms. The molecule has 5 heteroatoms. The van der Waals surface area contributed by atoms with Gasteiger partial charge in [-0.25, -0.2) is 0 Å². The van der Waals surface area contributed by atoms with Crippen molar-refractivity contribution in [3.8, 4) is 0 Å². The van der Waals surface area contributed by atoms with Crippen molar-refractivity contribution in [1.82, 2.24) is 0 Å². The van der Waals surface area contributed by atoms with Gasteiger partial charge >= 0.3 is 0 Å². The summed E-state index contributed by atoms with van der Waals surface area (Å²) in [6.07, 6.45) is 0.799. The Kier molecular flexibility index (Phi) is 3.30. The summed E-state index contributed by atoms with van der Waals surface area (Å²) in [5, 5.41) is 8.73. The molecule has 1 atom stereocenters. The van der Waals surface area contributed by atoms with Crippen molar-refractivity contribution in [2.45, 2.75) is 13.3 Å². The van der Waals surface area contributed by atoms with Crippen LogP contribution in [0.25, 0.3) is 0 Å². The SMILES string of the molecule is CC1CC(c2ccc(Br)c(Cl)c2)=NN=C1N. The lowest BCUT2D eigenvalue weighted by Crippen LogP contribution is -2.26. The highest BCUT2D eigenvalue weighted by molar-refractivity contribution is 9.10. The van der Waals surface area contributed by atoms with Crippen LogP contribution in [0.3, 0.4) is 0 Å². The molecule has 0 spiro atoms. The zero-order chi connectivity index (χ0) is 11.7.